The summed E-state index contributed by atoms with van der Waals surface area (Å²) >= 11 is 5.98. The molecular formula is C18H15ClN2O2. The molecule has 0 saturated carbocycles. The summed E-state index contributed by atoms with van der Waals surface area (Å²) in [6.07, 6.45) is 6.91. The van der Waals surface area contributed by atoms with Crippen LogP contribution in [-0.2, 0) is 11.3 Å². The summed E-state index contributed by atoms with van der Waals surface area (Å²) in [5, 5.41) is 3.44. The average molecular weight is 327 g/mol. The molecule has 3 rings (SSSR count). The van der Waals surface area contributed by atoms with E-state index in [2.05, 4.69) is 10.3 Å². The second-order valence-electron chi connectivity index (χ2n) is 5.06. The summed E-state index contributed by atoms with van der Waals surface area (Å²) in [5.74, 6) is 0.625. The molecular weight excluding hydrogens is 312 g/mol. The maximum Gasteiger partial charge on any atom is 0.244 e. The Morgan fingerprint density at radius 1 is 1.35 bits per heavy atom. The SMILES string of the molecule is O=C(/C=C\C1=Cc2cc(Cl)ccc2OC1)NCc1ccccn1. The van der Waals surface area contributed by atoms with Crippen LogP contribution < -0.4 is 10.1 Å². The monoisotopic (exact) mass is 326 g/mol. The highest BCUT2D eigenvalue weighted by Gasteiger charge is 2.10. The summed E-state index contributed by atoms with van der Waals surface area (Å²) in [4.78, 5) is 16.0. The van der Waals surface area contributed by atoms with E-state index in [-0.39, 0.29) is 5.91 Å². The fourth-order valence-corrected chi connectivity index (χ4v) is 2.36. The van der Waals surface area contributed by atoms with Crippen molar-refractivity contribution in [3.63, 3.8) is 0 Å². The molecule has 2 heterocycles. The Balaban J connectivity index is 1.60. The van der Waals surface area contributed by atoms with Gasteiger partial charge in [0, 0.05) is 22.9 Å². The summed E-state index contributed by atoms with van der Waals surface area (Å²) < 4.78 is 5.63. The molecule has 1 aliphatic rings. The minimum absolute atomic E-state index is 0.173. The van der Waals surface area contributed by atoms with Crippen LogP contribution in [0.4, 0.5) is 0 Å². The van der Waals surface area contributed by atoms with Crippen LogP contribution in [0.15, 0.2) is 60.3 Å². The van der Waals surface area contributed by atoms with Crippen LogP contribution in [0.5, 0.6) is 5.75 Å². The van der Waals surface area contributed by atoms with Gasteiger partial charge in [-0.25, -0.2) is 0 Å². The Bertz CT molecular complexity index is 770. The number of nitrogens with zero attached hydrogens (tertiary/aromatic N) is 1. The van der Waals surface area contributed by atoms with Gasteiger partial charge in [0.25, 0.3) is 0 Å². The van der Waals surface area contributed by atoms with Gasteiger partial charge in [0.2, 0.25) is 5.91 Å². The second kappa shape index (κ2) is 7.11. The number of hydrogen-bond donors (Lipinski definition) is 1. The molecule has 0 bridgehead atoms. The van der Waals surface area contributed by atoms with E-state index >= 15 is 0 Å². The number of carbonyl (C=O) groups is 1. The standard InChI is InChI=1S/C18H15ClN2O2/c19-15-5-6-17-14(10-15)9-13(12-23-17)4-7-18(22)21-11-16-3-1-2-8-20-16/h1-10H,11-12H2,(H,21,22)/b7-4-. The van der Waals surface area contributed by atoms with E-state index in [4.69, 9.17) is 16.3 Å². The number of amides is 1. The van der Waals surface area contributed by atoms with Gasteiger partial charge in [-0.05, 0) is 42.0 Å². The van der Waals surface area contributed by atoms with Crippen molar-refractivity contribution in [1.82, 2.24) is 10.3 Å². The quantitative estimate of drug-likeness (QED) is 0.876. The predicted octanol–water partition coefficient (Wildman–Crippen LogP) is 3.38. The lowest BCUT2D eigenvalue weighted by Gasteiger charge is -2.16. The van der Waals surface area contributed by atoms with E-state index in [1.807, 2.05) is 36.4 Å². The molecule has 1 aromatic heterocycles. The number of pyridine rings is 1. The fraction of sp³-hybridized carbons (Fsp3) is 0.111. The normalized spacial score (nSPS) is 13.2. The summed E-state index contributed by atoms with van der Waals surface area (Å²) in [7, 11) is 0. The molecule has 0 atom stereocenters. The number of benzene rings is 1. The Morgan fingerprint density at radius 3 is 3.09 bits per heavy atom. The van der Waals surface area contributed by atoms with E-state index < -0.39 is 0 Å². The smallest absolute Gasteiger partial charge is 0.244 e. The van der Waals surface area contributed by atoms with Gasteiger partial charge in [0.05, 0.1) is 12.2 Å². The molecule has 0 aliphatic carbocycles. The molecule has 0 unspecified atom stereocenters. The third-order valence-electron chi connectivity index (χ3n) is 3.33. The Morgan fingerprint density at radius 2 is 2.26 bits per heavy atom. The number of halogens is 1. The van der Waals surface area contributed by atoms with Gasteiger partial charge in [-0.1, -0.05) is 23.7 Å². The number of rotatable bonds is 4. The second-order valence-corrected chi connectivity index (χ2v) is 5.50. The molecule has 5 heteroatoms. The predicted molar refractivity (Wildman–Crippen MR) is 90.1 cm³/mol. The van der Waals surface area contributed by atoms with Crippen LogP contribution in [0, 0.1) is 0 Å². The van der Waals surface area contributed by atoms with Crippen LogP contribution >= 0.6 is 11.6 Å². The fourth-order valence-electron chi connectivity index (χ4n) is 2.18. The van der Waals surface area contributed by atoms with Crippen molar-refractivity contribution in [2.24, 2.45) is 0 Å². The number of nitrogens with one attached hydrogen (secondary N) is 1. The average Bonchev–Trinajstić information content (AvgIpc) is 2.58. The molecule has 0 radical (unpaired) electrons. The van der Waals surface area contributed by atoms with E-state index in [0.717, 1.165) is 22.6 Å². The number of fused-ring (bicyclic) bond motifs is 1. The van der Waals surface area contributed by atoms with Crippen molar-refractivity contribution in [3.8, 4) is 5.75 Å². The summed E-state index contributed by atoms with van der Waals surface area (Å²) in [5.41, 5.74) is 2.64. The first-order chi connectivity index (χ1) is 11.2. The number of carbonyl (C=O) groups excluding carboxylic acids is 1. The van der Waals surface area contributed by atoms with Gasteiger partial charge in [-0.15, -0.1) is 0 Å². The van der Waals surface area contributed by atoms with Crippen LogP contribution in [0.1, 0.15) is 11.3 Å². The van der Waals surface area contributed by atoms with Crippen molar-refractivity contribution in [3.05, 3.63) is 76.6 Å². The van der Waals surface area contributed by atoms with Gasteiger partial charge < -0.3 is 10.1 Å². The van der Waals surface area contributed by atoms with Crippen LogP contribution in [0.25, 0.3) is 6.08 Å². The van der Waals surface area contributed by atoms with E-state index in [1.165, 1.54) is 6.08 Å². The summed E-state index contributed by atoms with van der Waals surface area (Å²) in [6, 6.07) is 11.1. The third kappa shape index (κ3) is 4.20. The molecule has 1 aliphatic heterocycles. The minimum Gasteiger partial charge on any atom is -0.488 e. The number of hydrogen-bond acceptors (Lipinski definition) is 3. The zero-order valence-electron chi connectivity index (χ0n) is 12.3. The first-order valence-corrected chi connectivity index (χ1v) is 7.57. The number of ether oxygens (including phenoxy) is 1. The molecule has 116 valence electrons. The molecule has 4 nitrogen and oxygen atoms in total. The zero-order valence-corrected chi connectivity index (χ0v) is 13.1. The van der Waals surface area contributed by atoms with E-state index in [0.29, 0.717) is 18.2 Å². The topological polar surface area (TPSA) is 51.2 Å². The Kier molecular flexibility index (Phi) is 4.74. The van der Waals surface area contributed by atoms with Crippen molar-refractivity contribution in [1.29, 1.82) is 0 Å². The van der Waals surface area contributed by atoms with Crippen LogP contribution in [0.2, 0.25) is 5.02 Å². The van der Waals surface area contributed by atoms with Gasteiger partial charge >= 0.3 is 0 Å². The van der Waals surface area contributed by atoms with Gasteiger partial charge in [0.1, 0.15) is 12.4 Å². The Labute approximate surface area is 139 Å². The molecule has 2 aromatic rings. The lowest BCUT2D eigenvalue weighted by atomic mass is 10.1. The third-order valence-corrected chi connectivity index (χ3v) is 3.56. The van der Waals surface area contributed by atoms with Crippen molar-refractivity contribution >= 4 is 23.6 Å². The molecule has 1 amide bonds. The molecule has 23 heavy (non-hydrogen) atoms. The lowest BCUT2D eigenvalue weighted by molar-refractivity contribution is -0.116. The largest absolute Gasteiger partial charge is 0.488 e. The molecule has 0 fully saturated rings. The van der Waals surface area contributed by atoms with Gasteiger partial charge in [-0.3, -0.25) is 9.78 Å². The highest BCUT2D eigenvalue weighted by molar-refractivity contribution is 6.30. The van der Waals surface area contributed by atoms with Gasteiger partial charge in [0.15, 0.2) is 0 Å². The number of aromatic nitrogens is 1. The van der Waals surface area contributed by atoms with Crippen molar-refractivity contribution < 1.29 is 9.53 Å². The molecule has 0 saturated heterocycles. The van der Waals surface area contributed by atoms with Crippen LogP contribution in [0.3, 0.4) is 0 Å². The first-order valence-electron chi connectivity index (χ1n) is 7.19. The molecule has 1 aromatic carbocycles. The lowest BCUT2D eigenvalue weighted by Crippen LogP contribution is -2.21. The highest BCUT2D eigenvalue weighted by atomic mass is 35.5. The first kappa shape index (κ1) is 15.3. The van der Waals surface area contributed by atoms with Crippen molar-refractivity contribution in [2.75, 3.05) is 6.61 Å². The maximum absolute atomic E-state index is 11.8. The Hall–Kier alpha value is -2.59. The molecule has 0 spiro atoms. The minimum atomic E-state index is -0.173. The summed E-state index contributed by atoms with van der Waals surface area (Å²) in [6.45, 7) is 0.830. The zero-order chi connectivity index (χ0) is 16.1. The highest BCUT2D eigenvalue weighted by Crippen LogP contribution is 2.29. The molecule has 1 N–H and O–H groups in total. The van der Waals surface area contributed by atoms with Crippen molar-refractivity contribution in [2.45, 2.75) is 6.54 Å². The van der Waals surface area contributed by atoms with E-state index in [1.54, 1.807) is 18.3 Å². The maximum atomic E-state index is 11.8. The van der Waals surface area contributed by atoms with Crippen LogP contribution in [-0.4, -0.2) is 17.5 Å². The van der Waals surface area contributed by atoms with Gasteiger partial charge in [-0.2, -0.15) is 0 Å². The van der Waals surface area contributed by atoms with E-state index in [9.17, 15) is 4.79 Å².